The molecule has 0 saturated carbocycles. The number of hydrogen-bond donors (Lipinski definition) is 2. The molecule has 0 radical (unpaired) electrons. The Morgan fingerprint density at radius 2 is 1.74 bits per heavy atom. The van der Waals surface area contributed by atoms with E-state index in [0.29, 0.717) is 6.61 Å². The molecule has 0 spiro atoms. The lowest BCUT2D eigenvalue weighted by molar-refractivity contribution is 0.299. The van der Waals surface area contributed by atoms with E-state index in [9.17, 15) is 0 Å². The van der Waals surface area contributed by atoms with Crippen LogP contribution >= 0.6 is 0 Å². The Hall–Kier alpha value is -4.58. The van der Waals surface area contributed by atoms with Gasteiger partial charge in [-0.05, 0) is 72.2 Å². The number of methoxy groups -OCH3 is 1. The normalized spacial score (nSPS) is 11.6. The van der Waals surface area contributed by atoms with Crippen LogP contribution in [-0.2, 0) is 6.61 Å². The molecule has 6 nitrogen and oxygen atoms in total. The molecule has 0 fully saturated rings. The van der Waals surface area contributed by atoms with E-state index >= 15 is 0 Å². The number of aromatic amines is 2. The van der Waals surface area contributed by atoms with E-state index in [1.54, 1.807) is 13.3 Å². The molecule has 5 aromatic rings. The second-order valence-corrected chi connectivity index (χ2v) is 7.74. The highest BCUT2D eigenvalue weighted by Gasteiger charge is 2.05. The van der Waals surface area contributed by atoms with Crippen LogP contribution in [0.3, 0.4) is 0 Å². The lowest BCUT2D eigenvalue weighted by Crippen LogP contribution is -1.98. The molecule has 3 aromatic heterocycles. The van der Waals surface area contributed by atoms with Crippen molar-refractivity contribution in [3.8, 4) is 11.5 Å². The molecule has 5 rings (SSSR count). The number of nitrogens with one attached hydrogen (secondary N) is 2. The molecular formula is C28H24N4O2. The fourth-order valence-electron chi connectivity index (χ4n) is 3.62. The molecule has 3 heterocycles. The van der Waals surface area contributed by atoms with Crippen molar-refractivity contribution in [2.45, 2.75) is 6.61 Å². The summed E-state index contributed by atoms with van der Waals surface area (Å²) in [6, 6.07) is 23.9. The summed E-state index contributed by atoms with van der Waals surface area (Å²) in [6.45, 7) is 0.404. The molecule has 0 unspecified atom stereocenters. The van der Waals surface area contributed by atoms with Gasteiger partial charge in [0.2, 0.25) is 0 Å². The molecular weight excluding hydrogens is 424 g/mol. The molecule has 0 aliphatic carbocycles. The Kier molecular flexibility index (Phi) is 6.21. The lowest BCUT2D eigenvalue weighted by Gasteiger charge is -2.09. The van der Waals surface area contributed by atoms with E-state index in [1.807, 2.05) is 78.9 Å². The van der Waals surface area contributed by atoms with Gasteiger partial charge in [-0.3, -0.25) is 10.1 Å². The molecule has 34 heavy (non-hydrogen) atoms. The first-order valence-corrected chi connectivity index (χ1v) is 11.0. The van der Waals surface area contributed by atoms with Gasteiger partial charge < -0.3 is 14.5 Å². The molecule has 168 valence electrons. The van der Waals surface area contributed by atoms with Gasteiger partial charge >= 0.3 is 0 Å². The fourth-order valence-corrected chi connectivity index (χ4v) is 3.62. The fraction of sp³-hybridized carbons (Fsp3) is 0.0714. The average molecular weight is 449 g/mol. The molecule has 0 atom stereocenters. The molecule has 0 aliphatic rings. The highest BCUT2D eigenvalue weighted by Crippen LogP contribution is 2.27. The van der Waals surface area contributed by atoms with Gasteiger partial charge in [0, 0.05) is 29.0 Å². The van der Waals surface area contributed by atoms with Crippen molar-refractivity contribution >= 4 is 35.2 Å². The second kappa shape index (κ2) is 9.92. The smallest absolute Gasteiger partial charge is 0.130 e. The van der Waals surface area contributed by atoms with Crippen molar-refractivity contribution in [3.63, 3.8) is 0 Å². The summed E-state index contributed by atoms with van der Waals surface area (Å²) in [5.41, 5.74) is 5.72. The Balaban J connectivity index is 1.24. The maximum atomic E-state index is 5.84. The number of para-hydroxylation sites is 1. The topological polar surface area (TPSA) is 75.8 Å². The van der Waals surface area contributed by atoms with E-state index in [0.717, 1.165) is 45.4 Å². The first-order chi connectivity index (χ1) is 16.8. The van der Waals surface area contributed by atoms with Crippen LogP contribution in [0.15, 0.2) is 79.0 Å². The van der Waals surface area contributed by atoms with Crippen LogP contribution in [-0.4, -0.2) is 27.3 Å². The summed E-state index contributed by atoms with van der Waals surface area (Å²) in [7, 11) is 1.65. The van der Waals surface area contributed by atoms with Crippen LogP contribution in [0, 0.1) is 0 Å². The van der Waals surface area contributed by atoms with Gasteiger partial charge in [-0.15, -0.1) is 0 Å². The Morgan fingerprint density at radius 1 is 0.853 bits per heavy atom. The molecule has 2 aromatic carbocycles. The van der Waals surface area contributed by atoms with Gasteiger partial charge in [0.15, 0.2) is 0 Å². The predicted molar refractivity (Wildman–Crippen MR) is 136 cm³/mol. The number of nitrogens with zero attached hydrogens (tertiary/aromatic N) is 2. The standard InChI is InChI=1S/C28H24N4O2/c1-33-28-18-26(34-19-25-7-4-5-15-29-25)14-10-20(28)9-11-23-17-24(32-31-23)13-12-22-16-21-6-2-3-8-27(21)30-22/h2-18,30H,19H2,1H3,(H,31,32)/b11-9+,13-12+. The van der Waals surface area contributed by atoms with Gasteiger partial charge in [-0.1, -0.05) is 24.3 Å². The summed E-state index contributed by atoms with van der Waals surface area (Å²) in [5.74, 6) is 1.45. The van der Waals surface area contributed by atoms with Crippen LogP contribution in [0.25, 0.3) is 35.2 Å². The number of ether oxygens (including phenoxy) is 2. The van der Waals surface area contributed by atoms with Crippen LogP contribution in [0.5, 0.6) is 11.5 Å². The third-order valence-electron chi connectivity index (χ3n) is 5.36. The van der Waals surface area contributed by atoms with Crippen molar-refractivity contribution in [2.75, 3.05) is 7.11 Å². The lowest BCUT2D eigenvalue weighted by atomic mass is 10.1. The summed E-state index contributed by atoms with van der Waals surface area (Å²) in [5, 5.41) is 8.63. The monoisotopic (exact) mass is 448 g/mol. The van der Waals surface area contributed by atoms with Crippen molar-refractivity contribution < 1.29 is 9.47 Å². The molecule has 0 saturated heterocycles. The van der Waals surface area contributed by atoms with Crippen molar-refractivity contribution in [1.82, 2.24) is 20.2 Å². The molecule has 6 heteroatoms. The van der Waals surface area contributed by atoms with Crippen LogP contribution in [0.2, 0.25) is 0 Å². The second-order valence-electron chi connectivity index (χ2n) is 7.74. The number of benzene rings is 2. The van der Waals surface area contributed by atoms with Crippen molar-refractivity contribution in [3.05, 3.63) is 107 Å². The number of H-pyrrole nitrogens is 2. The van der Waals surface area contributed by atoms with E-state index in [2.05, 4.69) is 38.4 Å². The largest absolute Gasteiger partial charge is 0.496 e. The van der Waals surface area contributed by atoms with Crippen LogP contribution in [0.4, 0.5) is 0 Å². The zero-order chi connectivity index (χ0) is 23.2. The summed E-state index contributed by atoms with van der Waals surface area (Å²) < 4.78 is 11.4. The molecule has 0 aliphatic heterocycles. The van der Waals surface area contributed by atoms with Crippen LogP contribution in [0.1, 0.15) is 28.3 Å². The first kappa shape index (κ1) is 21.3. The van der Waals surface area contributed by atoms with Gasteiger partial charge in [0.1, 0.15) is 18.1 Å². The Morgan fingerprint density at radius 3 is 2.59 bits per heavy atom. The Bertz CT molecular complexity index is 1410. The number of fused-ring (bicyclic) bond motifs is 1. The van der Waals surface area contributed by atoms with Gasteiger partial charge in [0.25, 0.3) is 0 Å². The zero-order valence-corrected chi connectivity index (χ0v) is 18.7. The zero-order valence-electron chi connectivity index (χ0n) is 18.7. The SMILES string of the molecule is COc1cc(OCc2ccccn2)ccc1/C=C/c1cc(/C=C/c2cc3ccccc3[nH]2)[nH]n1. The van der Waals surface area contributed by atoms with Crippen molar-refractivity contribution in [2.24, 2.45) is 0 Å². The Labute approximate surface area is 197 Å². The van der Waals surface area contributed by atoms with E-state index in [4.69, 9.17) is 9.47 Å². The van der Waals surface area contributed by atoms with Gasteiger partial charge in [-0.25, -0.2) is 0 Å². The van der Waals surface area contributed by atoms with Crippen LogP contribution < -0.4 is 9.47 Å². The number of rotatable bonds is 8. The maximum Gasteiger partial charge on any atom is 0.130 e. The highest BCUT2D eigenvalue weighted by molar-refractivity contribution is 5.84. The van der Waals surface area contributed by atoms with E-state index in [-0.39, 0.29) is 0 Å². The minimum Gasteiger partial charge on any atom is -0.496 e. The van der Waals surface area contributed by atoms with E-state index in [1.165, 1.54) is 5.39 Å². The summed E-state index contributed by atoms with van der Waals surface area (Å²) >= 11 is 0. The van der Waals surface area contributed by atoms with Crippen molar-refractivity contribution in [1.29, 1.82) is 0 Å². The quantitative estimate of drug-likeness (QED) is 0.296. The van der Waals surface area contributed by atoms with Gasteiger partial charge in [-0.2, -0.15) is 5.10 Å². The summed E-state index contributed by atoms with van der Waals surface area (Å²) in [6.07, 6.45) is 9.72. The average Bonchev–Trinajstić information content (AvgIpc) is 3.52. The van der Waals surface area contributed by atoms with Gasteiger partial charge in [0.05, 0.1) is 24.2 Å². The highest BCUT2D eigenvalue weighted by atomic mass is 16.5. The minimum absolute atomic E-state index is 0.404. The molecule has 2 N–H and O–H groups in total. The number of hydrogen-bond acceptors (Lipinski definition) is 4. The minimum atomic E-state index is 0.404. The molecule has 0 bridgehead atoms. The first-order valence-electron chi connectivity index (χ1n) is 11.0. The third kappa shape index (κ3) is 5.07. The number of aromatic nitrogens is 4. The predicted octanol–water partition coefficient (Wildman–Crippen LogP) is 6.21. The maximum absolute atomic E-state index is 5.84. The summed E-state index contributed by atoms with van der Waals surface area (Å²) in [4.78, 5) is 7.67. The molecule has 0 amide bonds. The number of pyridine rings is 1. The van der Waals surface area contributed by atoms with E-state index < -0.39 is 0 Å². The third-order valence-corrected chi connectivity index (χ3v) is 5.36.